The Morgan fingerprint density at radius 2 is 2.10 bits per heavy atom. The van der Waals surface area contributed by atoms with E-state index < -0.39 is 0 Å². The molecule has 2 rings (SSSR count). The van der Waals surface area contributed by atoms with Crippen molar-refractivity contribution in [2.24, 2.45) is 0 Å². The van der Waals surface area contributed by atoms with Crippen LogP contribution < -0.4 is 4.74 Å². The highest BCUT2D eigenvalue weighted by Crippen LogP contribution is 2.25. The van der Waals surface area contributed by atoms with E-state index in [1.54, 1.807) is 17.0 Å². The zero-order valence-electron chi connectivity index (χ0n) is 11.3. The second-order valence-electron chi connectivity index (χ2n) is 4.73. The van der Waals surface area contributed by atoms with Gasteiger partial charge in [0, 0.05) is 26.2 Å². The fourth-order valence-corrected chi connectivity index (χ4v) is 2.21. The Labute approximate surface area is 123 Å². The summed E-state index contributed by atoms with van der Waals surface area (Å²) in [5, 5.41) is 9.09. The van der Waals surface area contributed by atoms with Crippen molar-refractivity contribution in [1.29, 1.82) is 5.26 Å². The summed E-state index contributed by atoms with van der Waals surface area (Å²) in [6.45, 7) is 3.17. The van der Waals surface area contributed by atoms with Gasteiger partial charge < -0.3 is 14.5 Å². The number of piperazine rings is 1. The van der Waals surface area contributed by atoms with Gasteiger partial charge in [-0.15, -0.1) is 0 Å². The first kappa shape index (κ1) is 14.6. The van der Waals surface area contributed by atoms with E-state index in [4.69, 9.17) is 21.6 Å². The normalized spacial score (nSPS) is 15.8. The van der Waals surface area contributed by atoms with E-state index in [2.05, 4.69) is 4.90 Å². The number of halogens is 1. The molecule has 0 aliphatic carbocycles. The van der Waals surface area contributed by atoms with Crippen molar-refractivity contribution >= 4 is 17.5 Å². The van der Waals surface area contributed by atoms with Crippen LogP contribution in [0.4, 0.5) is 0 Å². The Morgan fingerprint density at radius 1 is 1.40 bits per heavy atom. The Balaban J connectivity index is 1.89. The first-order chi connectivity index (χ1) is 9.60. The van der Waals surface area contributed by atoms with Gasteiger partial charge in [0.05, 0.1) is 16.7 Å². The minimum absolute atomic E-state index is 0.0324. The van der Waals surface area contributed by atoms with Crippen LogP contribution in [0.1, 0.15) is 5.56 Å². The summed E-state index contributed by atoms with van der Waals surface area (Å²) in [5.74, 6) is 0.381. The average Bonchev–Trinajstić information content (AvgIpc) is 2.46. The summed E-state index contributed by atoms with van der Waals surface area (Å²) in [6.07, 6.45) is 0. The number of ether oxygens (including phenoxy) is 1. The van der Waals surface area contributed by atoms with Crippen molar-refractivity contribution in [3.05, 3.63) is 28.8 Å². The number of nitrogens with zero attached hydrogens (tertiary/aromatic N) is 3. The van der Waals surface area contributed by atoms with Crippen LogP contribution in [0.2, 0.25) is 5.02 Å². The number of amides is 1. The lowest BCUT2D eigenvalue weighted by atomic mass is 10.2. The predicted octanol–water partition coefficient (Wildman–Crippen LogP) is 1.36. The molecule has 0 aromatic heterocycles. The van der Waals surface area contributed by atoms with E-state index >= 15 is 0 Å². The molecule has 0 radical (unpaired) electrons. The van der Waals surface area contributed by atoms with Gasteiger partial charge in [0.15, 0.2) is 6.61 Å². The number of hydrogen-bond acceptors (Lipinski definition) is 4. The first-order valence-corrected chi connectivity index (χ1v) is 6.76. The van der Waals surface area contributed by atoms with Crippen LogP contribution in [0.15, 0.2) is 18.2 Å². The van der Waals surface area contributed by atoms with Crippen molar-refractivity contribution < 1.29 is 9.53 Å². The number of benzene rings is 1. The highest BCUT2D eigenvalue weighted by molar-refractivity contribution is 6.32. The maximum absolute atomic E-state index is 12.0. The topological polar surface area (TPSA) is 56.6 Å². The molecule has 0 N–H and O–H groups in total. The van der Waals surface area contributed by atoms with Crippen LogP contribution >= 0.6 is 11.6 Å². The maximum Gasteiger partial charge on any atom is 0.260 e. The maximum atomic E-state index is 12.0. The lowest BCUT2D eigenvalue weighted by Gasteiger charge is -2.32. The molecule has 1 aliphatic rings. The van der Waals surface area contributed by atoms with Crippen molar-refractivity contribution in [1.82, 2.24) is 9.80 Å². The Bertz CT molecular complexity index is 534. The standard InChI is InChI=1S/C14H16ClN3O2/c1-17-4-6-18(7-5-17)14(19)10-20-13-3-2-11(9-16)8-12(13)15/h2-3,8H,4-7,10H2,1H3. The van der Waals surface area contributed by atoms with Crippen LogP contribution in [0.25, 0.3) is 0 Å². The van der Waals surface area contributed by atoms with Gasteiger partial charge in [-0.3, -0.25) is 4.79 Å². The minimum Gasteiger partial charge on any atom is -0.482 e. The molecule has 1 fully saturated rings. The molecule has 1 heterocycles. The van der Waals surface area contributed by atoms with Crippen molar-refractivity contribution in [2.75, 3.05) is 39.8 Å². The van der Waals surface area contributed by atoms with Gasteiger partial charge in [0.2, 0.25) is 0 Å². The van der Waals surface area contributed by atoms with Crippen molar-refractivity contribution in [2.45, 2.75) is 0 Å². The summed E-state index contributed by atoms with van der Waals surface area (Å²) in [4.78, 5) is 16.0. The second-order valence-corrected chi connectivity index (χ2v) is 5.14. The van der Waals surface area contributed by atoms with Crippen LogP contribution in [-0.2, 0) is 4.79 Å². The van der Waals surface area contributed by atoms with E-state index in [0.29, 0.717) is 16.3 Å². The Hall–Kier alpha value is -1.77. The molecule has 0 spiro atoms. The van der Waals surface area contributed by atoms with Crippen LogP contribution in [0.5, 0.6) is 5.75 Å². The highest BCUT2D eigenvalue weighted by atomic mass is 35.5. The SMILES string of the molecule is CN1CCN(C(=O)COc2ccc(C#N)cc2Cl)CC1. The number of hydrogen-bond donors (Lipinski definition) is 0. The number of rotatable bonds is 3. The Kier molecular flexibility index (Phi) is 4.83. The van der Waals surface area contributed by atoms with Crippen molar-refractivity contribution in [3.63, 3.8) is 0 Å². The molecule has 106 valence electrons. The zero-order chi connectivity index (χ0) is 14.5. The lowest BCUT2D eigenvalue weighted by Crippen LogP contribution is -2.48. The van der Waals surface area contributed by atoms with Gasteiger partial charge in [0.1, 0.15) is 5.75 Å². The van der Waals surface area contributed by atoms with Crippen LogP contribution in [-0.4, -0.2) is 55.5 Å². The summed E-state index contributed by atoms with van der Waals surface area (Å²) in [7, 11) is 2.04. The summed E-state index contributed by atoms with van der Waals surface area (Å²) < 4.78 is 5.43. The number of carbonyl (C=O) groups is 1. The van der Waals surface area contributed by atoms with E-state index in [0.717, 1.165) is 26.2 Å². The number of nitriles is 1. The van der Waals surface area contributed by atoms with E-state index in [1.807, 2.05) is 13.1 Å². The van der Waals surface area contributed by atoms with Crippen LogP contribution in [0.3, 0.4) is 0 Å². The largest absolute Gasteiger partial charge is 0.482 e. The smallest absolute Gasteiger partial charge is 0.260 e. The van der Waals surface area contributed by atoms with Gasteiger partial charge >= 0.3 is 0 Å². The molecule has 1 aromatic carbocycles. The fraction of sp³-hybridized carbons (Fsp3) is 0.429. The zero-order valence-corrected chi connectivity index (χ0v) is 12.1. The molecular formula is C14H16ClN3O2. The molecule has 20 heavy (non-hydrogen) atoms. The monoisotopic (exact) mass is 293 g/mol. The second kappa shape index (κ2) is 6.60. The number of carbonyl (C=O) groups excluding carboxylic acids is 1. The van der Waals surface area contributed by atoms with Crippen molar-refractivity contribution in [3.8, 4) is 11.8 Å². The molecule has 1 aromatic rings. The van der Waals surface area contributed by atoms with Gasteiger partial charge in [-0.25, -0.2) is 0 Å². The minimum atomic E-state index is -0.0430. The summed E-state index contributed by atoms with van der Waals surface area (Å²) in [5.41, 5.74) is 0.466. The predicted molar refractivity (Wildman–Crippen MR) is 75.7 cm³/mol. The van der Waals surface area contributed by atoms with Crippen LogP contribution in [0, 0.1) is 11.3 Å². The summed E-state index contributed by atoms with van der Waals surface area (Å²) >= 11 is 5.99. The molecule has 1 amide bonds. The van der Waals surface area contributed by atoms with Gasteiger partial charge in [-0.2, -0.15) is 5.26 Å². The van der Waals surface area contributed by atoms with Gasteiger partial charge in [0.25, 0.3) is 5.91 Å². The quantitative estimate of drug-likeness (QED) is 0.844. The third kappa shape index (κ3) is 3.62. The molecule has 0 saturated carbocycles. The molecular weight excluding hydrogens is 278 g/mol. The highest BCUT2D eigenvalue weighted by Gasteiger charge is 2.19. The molecule has 1 aliphatic heterocycles. The summed E-state index contributed by atoms with van der Waals surface area (Å²) in [6, 6.07) is 6.74. The van der Waals surface area contributed by atoms with Gasteiger partial charge in [-0.05, 0) is 25.2 Å². The molecule has 0 atom stereocenters. The fourth-order valence-electron chi connectivity index (χ4n) is 1.97. The van der Waals surface area contributed by atoms with Gasteiger partial charge in [-0.1, -0.05) is 11.6 Å². The molecule has 0 unspecified atom stereocenters. The lowest BCUT2D eigenvalue weighted by molar-refractivity contribution is -0.134. The third-order valence-corrected chi connectivity index (χ3v) is 3.56. The Morgan fingerprint density at radius 3 is 2.70 bits per heavy atom. The van der Waals surface area contributed by atoms with E-state index in [1.165, 1.54) is 6.07 Å². The average molecular weight is 294 g/mol. The van der Waals surface area contributed by atoms with E-state index in [9.17, 15) is 4.79 Å². The third-order valence-electron chi connectivity index (χ3n) is 3.27. The molecule has 0 bridgehead atoms. The molecule has 5 nitrogen and oxygen atoms in total. The molecule has 6 heteroatoms. The molecule has 1 saturated heterocycles. The van der Waals surface area contributed by atoms with E-state index in [-0.39, 0.29) is 12.5 Å². The number of likely N-dealkylation sites (N-methyl/N-ethyl adjacent to an activating group) is 1. The first-order valence-electron chi connectivity index (χ1n) is 6.39.